The van der Waals surface area contributed by atoms with Crippen molar-refractivity contribution in [3.63, 3.8) is 0 Å². The Morgan fingerprint density at radius 2 is 2.11 bits per heavy atom. The Hall–Kier alpha value is -1.88. The molecule has 2 N–H and O–H groups in total. The molecule has 2 aromatic rings. The highest BCUT2D eigenvalue weighted by Crippen LogP contribution is 2.17. The summed E-state index contributed by atoms with van der Waals surface area (Å²) in [4.78, 5) is 11.3. The van der Waals surface area contributed by atoms with E-state index in [9.17, 15) is 9.18 Å². The lowest BCUT2D eigenvalue weighted by molar-refractivity contribution is 0.626. The molecule has 1 atom stereocenters. The number of benzene rings is 1. The standard InChI is InChI=1S/C13H13ClFN3O/c1-8(6-9-2-4-10(15)5-3-9)17-11-7-16-18-13(19)12(11)14/h2-5,7-8H,6H2,1H3,(H2,17,18,19). The van der Waals surface area contributed by atoms with E-state index in [4.69, 9.17) is 11.6 Å². The summed E-state index contributed by atoms with van der Waals surface area (Å²) in [5.41, 5.74) is 1.05. The van der Waals surface area contributed by atoms with Crippen LogP contribution in [0.5, 0.6) is 0 Å². The minimum absolute atomic E-state index is 0.0339. The smallest absolute Gasteiger partial charge is 0.285 e. The average molecular weight is 282 g/mol. The molecular weight excluding hydrogens is 269 g/mol. The summed E-state index contributed by atoms with van der Waals surface area (Å²) in [6, 6.07) is 6.33. The van der Waals surface area contributed by atoms with Crippen LogP contribution in [0.15, 0.2) is 35.3 Å². The maximum absolute atomic E-state index is 12.8. The van der Waals surface area contributed by atoms with Crippen LogP contribution in [-0.2, 0) is 6.42 Å². The normalized spacial score (nSPS) is 12.2. The molecule has 6 heteroatoms. The van der Waals surface area contributed by atoms with Crippen LogP contribution in [0.25, 0.3) is 0 Å². The predicted octanol–water partition coefficient (Wildman–Crippen LogP) is 2.61. The molecule has 0 aliphatic rings. The van der Waals surface area contributed by atoms with Crippen LogP contribution in [0.4, 0.5) is 10.1 Å². The number of nitrogens with one attached hydrogen (secondary N) is 2. The van der Waals surface area contributed by atoms with E-state index in [1.807, 2.05) is 6.92 Å². The summed E-state index contributed by atoms with van der Waals surface area (Å²) >= 11 is 5.87. The van der Waals surface area contributed by atoms with E-state index < -0.39 is 5.56 Å². The highest BCUT2D eigenvalue weighted by molar-refractivity contribution is 6.32. The van der Waals surface area contributed by atoms with Crippen LogP contribution in [-0.4, -0.2) is 16.2 Å². The quantitative estimate of drug-likeness (QED) is 0.906. The third kappa shape index (κ3) is 3.54. The lowest BCUT2D eigenvalue weighted by Gasteiger charge is -2.15. The van der Waals surface area contributed by atoms with Crippen molar-refractivity contribution in [1.82, 2.24) is 10.2 Å². The minimum Gasteiger partial charge on any atom is -0.380 e. The molecule has 1 aromatic heterocycles. The van der Waals surface area contributed by atoms with Gasteiger partial charge in [0.15, 0.2) is 0 Å². The molecule has 0 saturated carbocycles. The Bertz CT molecular complexity index is 612. The number of H-pyrrole nitrogens is 1. The molecule has 0 aliphatic heterocycles. The summed E-state index contributed by atoms with van der Waals surface area (Å²) in [5.74, 6) is -0.258. The summed E-state index contributed by atoms with van der Waals surface area (Å²) in [6.45, 7) is 1.95. The van der Waals surface area contributed by atoms with Crippen molar-refractivity contribution in [2.24, 2.45) is 0 Å². The largest absolute Gasteiger partial charge is 0.380 e. The van der Waals surface area contributed by atoms with Crippen LogP contribution in [0.2, 0.25) is 5.02 Å². The second-order valence-corrected chi connectivity index (χ2v) is 4.68. The van der Waals surface area contributed by atoms with Crippen LogP contribution >= 0.6 is 11.6 Å². The van der Waals surface area contributed by atoms with Crippen molar-refractivity contribution in [3.8, 4) is 0 Å². The monoisotopic (exact) mass is 281 g/mol. The number of halogens is 2. The first-order valence-electron chi connectivity index (χ1n) is 5.80. The second-order valence-electron chi connectivity index (χ2n) is 4.30. The van der Waals surface area contributed by atoms with Crippen LogP contribution in [0.3, 0.4) is 0 Å². The fourth-order valence-electron chi connectivity index (χ4n) is 1.77. The molecule has 2 rings (SSSR count). The van der Waals surface area contributed by atoms with E-state index in [2.05, 4.69) is 15.5 Å². The third-order valence-electron chi connectivity index (χ3n) is 2.65. The average Bonchev–Trinajstić information content (AvgIpc) is 2.38. The molecule has 0 saturated heterocycles. The molecule has 0 spiro atoms. The van der Waals surface area contributed by atoms with Crippen LogP contribution < -0.4 is 10.9 Å². The Morgan fingerprint density at radius 3 is 2.79 bits per heavy atom. The molecule has 1 aromatic carbocycles. The van der Waals surface area contributed by atoms with E-state index >= 15 is 0 Å². The Morgan fingerprint density at radius 1 is 1.42 bits per heavy atom. The van der Waals surface area contributed by atoms with Gasteiger partial charge in [-0.3, -0.25) is 4.79 Å². The first kappa shape index (κ1) is 13.5. The van der Waals surface area contributed by atoms with Gasteiger partial charge in [0.25, 0.3) is 5.56 Å². The van der Waals surface area contributed by atoms with Gasteiger partial charge in [-0.05, 0) is 31.0 Å². The van der Waals surface area contributed by atoms with Gasteiger partial charge in [0, 0.05) is 6.04 Å². The molecule has 0 aliphatic carbocycles. The Labute approximate surface area is 114 Å². The fraction of sp³-hybridized carbons (Fsp3) is 0.231. The summed E-state index contributed by atoms with van der Waals surface area (Å²) in [6.07, 6.45) is 2.15. The maximum Gasteiger partial charge on any atom is 0.285 e. The molecular formula is C13H13ClFN3O. The summed E-state index contributed by atoms with van der Waals surface area (Å²) in [7, 11) is 0. The topological polar surface area (TPSA) is 57.8 Å². The van der Waals surface area contributed by atoms with Crippen LogP contribution in [0.1, 0.15) is 12.5 Å². The fourth-order valence-corrected chi connectivity index (χ4v) is 1.92. The van der Waals surface area contributed by atoms with Gasteiger partial charge in [-0.25, -0.2) is 9.49 Å². The zero-order valence-corrected chi connectivity index (χ0v) is 11.0. The van der Waals surface area contributed by atoms with Gasteiger partial charge < -0.3 is 5.32 Å². The highest BCUT2D eigenvalue weighted by Gasteiger charge is 2.09. The number of aromatic nitrogens is 2. The molecule has 0 amide bonds. The first-order valence-corrected chi connectivity index (χ1v) is 6.18. The van der Waals surface area contributed by atoms with Crippen molar-refractivity contribution in [3.05, 3.63) is 57.2 Å². The van der Waals surface area contributed by atoms with Crippen molar-refractivity contribution in [2.45, 2.75) is 19.4 Å². The number of rotatable bonds is 4. The third-order valence-corrected chi connectivity index (χ3v) is 3.03. The predicted molar refractivity (Wildman–Crippen MR) is 73.1 cm³/mol. The van der Waals surface area contributed by atoms with Gasteiger partial charge in [-0.1, -0.05) is 23.7 Å². The summed E-state index contributed by atoms with van der Waals surface area (Å²) in [5, 5.41) is 9.12. The number of nitrogens with zero attached hydrogens (tertiary/aromatic N) is 1. The zero-order chi connectivity index (χ0) is 13.8. The lowest BCUT2D eigenvalue weighted by atomic mass is 10.1. The molecule has 4 nitrogen and oxygen atoms in total. The first-order chi connectivity index (χ1) is 9.06. The van der Waals surface area contributed by atoms with Gasteiger partial charge in [0.05, 0.1) is 11.9 Å². The number of hydrogen-bond donors (Lipinski definition) is 2. The van der Waals surface area contributed by atoms with E-state index in [0.29, 0.717) is 12.1 Å². The number of anilines is 1. The molecule has 0 radical (unpaired) electrons. The summed E-state index contributed by atoms with van der Waals surface area (Å²) < 4.78 is 12.8. The van der Waals surface area contributed by atoms with Crippen molar-refractivity contribution >= 4 is 17.3 Å². The zero-order valence-electron chi connectivity index (χ0n) is 10.3. The van der Waals surface area contributed by atoms with Gasteiger partial charge in [-0.2, -0.15) is 5.10 Å². The molecule has 0 fully saturated rings. The van der Waals surface area contributed by atoms with Gasteiger partial charge in [0.2, 0.25) is 0 Å². The van der Waals surface area contributed by atoms with Crippen molar-refractivity contribution < 1.29 is 4.39 Å². The Balaban J connectivity index is 2.05. The van der Waals surface area contributed by atoms with Gasteiger partial charge in [-0.15, -0.1) is 0 Å². The highest BCUT2D eigenvalue weighted by atomic mass is 35.5. The lowest BCUT2D eigenvalue weighted by Crippen LogP contribution is -2.21. The number of aromatic amines is 1. The van der Waals surface area contributed by atoms with Crippen molar-refractivity contribution in [1.29, 1.82) is 0 Å². The van der Waals surface area contributed by atoms with Gasteiger partial charge in [0.1, 0.15) is 10.8 Å². The van der Waals surface area contributed by atoms with E-state index in [1.165, 1.54) is 18.3 Å². The Kier molecular flexibility index (Phi) is 4.16. The maximum atomic E-state index is 12.8. The van der Waals surface area contributed by atoms with Gasteiger partial charge >= 0.3 is 0 Å². The van der Waals surface area contributed by atoms with Crippen LogP contribution in [0, 0.1) is 5.82 Å². The SMILES string of the molecule is CC(Cc1ccc(F)cc1)Nc1cn[nH]c(=O)c1Cl. The minimum atomic E-state index is -0.430. The van der Waals surface area contributed by atoms with Crippen molar-refractivity contribution in [2.75, 3.05) is 5.32 Å². The molecule has 19 heavy (non-hydrogen) atoms. The second kappa shape index (κ2) is 5.84. The molecule has 100 valence electrons. The molecule has 1 unspecified atom stereocenters. The van der Waals surface area contributed by atoms with E-state index in [1.54, 1.807) is 12.1 Å². The molecule has 1 heterocycles. The molecule has 0 bridgehead atoms. The van der Waals surface area contributed by atoms with E-state index in [-0.39, 0.29) is 16.9 Å². The number of hydrogen-bond acceptors (Lipinski definition) is 3. The van der Waals surface area contributed by atoms with E-state index in [0.717, 1.165) is 5.56 Å².